The van der Waals surface area contributed by atoms with Crippen molar-refractivity contribution in [3.63, 3.8) is 0 Å². The normalized spacial score (nSPS) is 13.1. The van der Waals surface area contributed by atoms with Gasteiger partial charge >= 0.3 is 0 Å². The van der Waals surface area contributed by atoms with Crippen LogP contribution in [0, 0.1) is 11.6 Å². The molecule has 0 spiro atoms. The molecule has 1 nitrogen and oxygen atoms in total. The number of hydrogen-bond acceptors (Lipinski definition) is 1. The van der Waals surface area contributed by atoms with E-state index in [1.807, 2.05) is 0 Å². The standard InChI is InChI=1S/C8H8F2O/c1-5(11)6-3-2-4-7(9)8(6)10/h2-5,11H,1H3. The van der Waals surface area contributed by atoms with E-state index in [0.717, 1.165) is 6.07 Å². The molecule has 0 aromatic heterocycles. The molecule has 0 saturated heterocycles. The van der Waals surface area contributed by atoms with E-state index in [9.17, 15) is 8.78 Å². The summed E-state index contributed by atoms with van der Waals surface area (Å²) in [6.07, 6.45) is -0.967. The van der Waals surface area contributed by atoms with Crippen molar-refractivity contribution in [1.82, 2.24) is 0 Å². The lowest BCUT2D eigenvalue weighted by Crippen LogP contribution is -1.97. The summed E-state index contributed by atoms with van der Waals surface area (Å²) < 4.78 is 25.2. The number of aliphatic hydroxyl groups is 1. The summed E-state index contributed by atoms with van der Waals surface area (Å²) in [4.78, 5) is 0. The van der Waals surface area contributed by atoms with Crippen molar-refractivity contribution >= 4 is 0 Å². The van der Waals surface area contributed by atoms with Gasteiger partial charge < -0.3 is 5.11 Å². The summed E-state index contributed by atoms with van der Waals surface area (Å²) in [5.74, 6) is -1.90. The lowest BCUT2D eigenvalue weighted by atomic mass is 10.1. The average molecular weight is 158 g/mol. The fourth-order valence-electron chi connectivity index (χ4n) is 0.843. The molecule has 11 heavy (non-hydrogen) atoms. The molecule has 1 aromatic carbocycles. The monoisotopic (exact) mass is 158 g/mol. The van der Waals surface area contributed by atoms with Crippen LogP contribution in [0.5, 0.6) is 0 Å². The molecule has 0 fully saturated rings. The van der Waals surface area contributed by atoms with Crippen LogP contribution in [0.2, 0.25) is 0 Å². The van der Waals surface area contributed by atoms with Gasteiger partial charge in [0.05, 0.1) is 6.10 Å². The highest BCUT2D eigenvalue weighted by Crippen LogP contribution is 2.17. The van der Waals surface area contributed by atoms with Gasteiger partial charge in [0.25, 0.3) is 0 Å². The zero-order valence-electron chi connectivity index (χ0n) is 6.01. The maximum Gasteiger partial charge on any atom is 0.164 e. The molecule has 0 aliphatic carbocycles. The van der Waals surface area contributed by atoms with E-state index < -0.39 is 17.7 Å². The van der Waals surface area contributed by atoms with Crippen molar-refractivity contribution < 1.29 is 13.9 Å². The molecule has 0 saturated carbocycles. The van der Waals surface area contributed by atoms with Crippen LogP contribution >= 0.6 is 0 Å². The van der Waals surface area contributed by atoms with Crippen LogP contribution in [0.1, 0.15) is 18.6 Å². The third-order valence-corrected chi connectivity index (χ3v) is 1.43. The van der Waals surface area contributed by atoms with Gasteiger partial charge in [-0.1, -0.05) is 12.1 Å². The number of hydrogen-bond donors (Lipinski definition) is 1. The fraction of sp³-hybridized carbons (Fsp3) is 0.250. The SMILES string of the molecule is CC(O)c1cccc(F)c1F. The largest absolute Gasteiger partial charge is 0.389 e. The van der Waals surface area contributed by atoms with Gasteiger partial charge in [-0.25, -0.2) is 8.78 Å². The molecule has 1 unspecified atom stereocenters. The summed E-state index contributed by atoms with van der Waals surface area (Å²) in [5, 5.41) is 8.92. The molecule has 1 aromatic rings. The van der Waals surface area contributed by atoms with Crippen molar-refractivity contribution in [3.05, 3.63) is 35.4 Å². The molecule has 0 heterocycles. The second kappa shape index (κ2) is 2.96. The van der Waals surface area contributed by atoms with Gasteiger partial charge in [-0.3, -0.25) is 0 Å². The van der Waals surface area contributed by atoms with Crippen molar-refractivity contribution in [2.75, 3.05) is 0 Å². The minimum absolute atomic E-state index is 0.00926. The highest BCUT2D eigenvalue weighted by atomic mass is 19.2. The van der Waals surface area contributed by atoms with Crippen LogP contribution in [0.4, 0.5) is 8.78 Å². The maximum absolute atomic E-state index is 12.7. The predicted octanol–water partition coefficient (Wildman–Crippen LogP) is 2.02. The number of halogens is 2. The average Bonchev–Trinajstić information content (AvgIpc) is 1.94. The first-order valence-corrected chi connectivity index (χ1v) is 3.25. The van der Waals surface area contributed by atoms with Crippen LogP contribution < -0.4 is 0 Å². The smallest absolute Gasteiger partial charge is 0.164 e. The number of benzene rings is 1. The summed E-state index contributed by atoms with van der Waals surface area (Å²) in [6, 6.07) is 3.73. The summed E-state index contributed by atoms with van der Waals surface area (Å²) in [5.41, 5.74) is -0.00926. The summed E-state index contributed by atoms with van der Waals surface area (Å²) >= 11 is 0. The first kappa shape index (κ1) is 8.14. The fourth-order valence-corrected chi connectivity index (χ4v) is 0.843. The molecule has 0 aliphatic heterocycles. The van der Waals surface area contributed by atoms with Gasteiger partial charge in [0.1, 0.15) is 0 Å². The Hall–Kier alpha value is -0.960. The number of aliphatic hydroxyl groups excluding tert-OH is 1. The van der Waals surface area contributed by atoms with Gasteiger partial charge in [-0.15, -0.1) is 0 Å². The quantitative estimate of drug-likeness (QED) is 0.662. The molecule has 1 rings (SSSR count). The van der Waals surface area contributed by atoms with Crippen molar-refractivity contribution in [2.24, 2.45) is 0 Å². The first-order valence-electron chi connectivity index (χ1n) is 3.25. The molecular formula is C8H8F2O. The van der Waals surface area contributed by atoms with Gasteiger partial charge in [0.15, 0.2) is 11.6 Å². The Morgan fingerprint density at radius 2 is 2.00 bits per heavy atom. The lowest BCUT2D eigenvalue weighted by Gasteiger charge is -2.05. The van der Waals surface area contributed by atoms with Crippen molar-refractivity contribution in [1.29, 1.82) is 0 Å². The Labute approximate surface area is 63.3 Å². The molecule has 0 aliphatic rings. The van der Waals surface area contributed by atoms with Crippen LogP contribution in [0.15, 0.2) is 18.2 Å². The minimum Gasteiger partial charge on any atom is -0.389 e. The van der Waals surface area contributed by atoms with Gasteiger partial charge in [0, 0.05) is 5.56 Å². The first-order chi connectivity index (χ1) is 5.13. The zero-order valence-corrected chi connectivity index (χ0v) is 6.01. The highest BCUT2D eigenvalue weighted by Gasteiger charge is 2.10. The highest BCUT2D eigenvalue weighted by molar-refractivity contribution is 5.20. The topological polar surface area (TPSA) is 20.2 Å². The number of rotatable bonds is 1. The molecular weight excluding hydrogens is 150 g/mol. The van der Waals surface area contributed by atoms with Crippen LogP contribution in [0.3, 0.4) is 0 Å². The Kier molecular flexibility index (Phi) is 2.19. The van der Waals surface area contributed by atoms with Crippen LogP contribution in [-0.2, 0) is 0 Å². The van der Waals surface area contributed by atoms with E-state index >= 15 is 0 Å². The van der Waals surface area contributed by atoms with E-state index in [1.54, 1.807) is 0 Å². The Balaban J connectivity index is 3.17. The van der Waals surface area contributed by atoms with E-state index in [2.05, 4.69) is 0 Å². The van der Waals surface area contributed by atoms with Crippen molar-refractivity contribution in [2.45, 2.75) is 13.0 Å². The Morgan fingerprint density at radius 3 is 2.45 bits per heavy atom. The second-order valence-corrected chi connectivity index (χ2v) is 2.32. The molecule has 0 amide bonds. The molecule has 0 radical (unpaired) electrons. The summed E-state index contributed by atoms with van der Waals surface area (Å²) in [6.45, 7) is 1.39. The van der Waals surface area contributed by atoms with Gasteiger partial charge in [0.2, 0.25) is 0 Å². The summed E-state index contributed by atoms with van der Waals surface area (Å²) in [7, 11) is 0. The van der Waals surface area contributed by atoms with Crippen LogP contribution in [-0.4, -0.2) is 5.11 Å². The van der Waals surface area contributed by atoms with Gasteiger partial charge in [-0.05, 0) is 13.0 Å². The molecule has 0 bridgehead atoms. The third kappa shape index (κ3) is 1.54. The zero-order chi connectivity index (χ0) is 8.43. The van der Waals surface area contributed by atoms with Crippen molar-refractivity contribution in [3.8, 4) is 0 Å². The second-order valence-electron chi connectivity index (χ2n) is 2.32. The lowest BCUT2D eigenvalue weighted by molar-refractivity contribution is 0.192. The van der Waals surface area contributed by atoms with E-state index in [0.29, 0.717) is 0 Å². The molecule has 1 atom stereocenters. The molecule has 3 heteroatoms. The van der Waals surface area contributed by atoms with Crippen LogP contribution in [0.25, 0.3) is 0 Å². The Bertz CT molecular complexity index is 258. The third-order valence-electron chi connectivity index (χ3n) is 1.43. The van der Waals surface area contributed by atoms with E-state index in [-0.39, 0.29) is 5.56 Å². The van der Waals surface area contributed by atoms with E-state index in [4.69, 9.17) is 5.11 Å². The van der Waals surface area contributed by atoms with E-state index in [1.165, 1.54) is 19.1 Å². The Morgan fingerprint density at radius 1 is 1.36 bits per heavy atom. The minimum atomic E-state index is -0.970. The molecule has 60 valence electrons. The molecule has 1 N–H and O–H groups in total. The predicted molar refractivity (Wildman–Crippen MR) is 37.0 cm³/mol. The van der Waals surface area contributed by atoms with Gasteiger partial charge in [-0.2, -0.15) is 0 Å². The maximum atomic E-state index is 12.7.